The minimum Gasteiger partial charge on any atom is -0.493 e. The van der Waals surface area contributed by atoms with E-state index in [2.05, 4.69) is 21.1 Å². The van der Waals surface area contributed by atoms with E-state index in [4.69, 9.17) is 20.0 Å². The fourth-order valence-corrected chi connectivity index (χ4v) is 2.35. The van der Waals surface area contributed by atoms with Crippen molar-refractivity contribution in [2.24, 2.45) is 10.9 Å². The van der Waals surface area contributed by atoms with E-state index in [1.165, 1.54) is 6.08 Å². The number of nitrogens with two attached hydrogens (primary N) is 1. The van der Waals surface area contributed by atoms with Crippen LogP contribution in [0.15, 0.2) is 58.2 Å². The molecule has 0 amide bonds. The highest BCUT2D eigenvalue weighted by Gasteiger charge is 2.04. The predicted molar refractivity (Wildman–Crippen MR) is 99.5 cm³/mol. The first-order chi connectivity index (χ1) is 12.0. The molecule has 0 saturated carbocycles. The van der Waals surface area contributed by atoms with Crippen molar-refractivity contribution < 1.29 is 19.1 Å². The van der Waals surface area contributed by atoms with E-state index in [9.17, 15) is 4.79 Å². The van der Waals surface area contributed by atoms with Crippen molar-refractivity contribution in [3.8, 4) is 11.5 Å². The Morgan fingerprint density at radius 3 is 2.56 bits per heavy atom. The number of benzene rings is 2. The second-order valence-corrected chi connectivity index (χ2v) is 5.76. The maximum atomic E-state index is 11.8. The number of halogens is 1. The van der Waals surface area contributed by atoms with Crippen LogP contribution >= 0.6 is 15.9 Å². The highest BCUT2D eigenvalue weighted by Crippen LogP contribution is 2.27. The van der Waals surface area contributed by atoms with Gasteiger partial charge < -0.3 is 20.0 Å². The molecule has 6 nitrogen and oxygen atoms in total. The second-order valence-electron chi connectivity index (χ2n) is 4.84. The molecule has 0 atom stereocenters. The van der Waals surface area contributed by atoms with Crippen LogP contribution in [0, 0.1) is 0 Å². The zero-order valence-corrected chi connectivity index (χ0v) is 15.3. The van der Waals surface area contributed by atoms with Gasteiger partial charge in [-0.05, 0) is 35.9 Å². The Morgan fingerprint density at radius 1 is 1.12 bits per heavy atom. The van der Waals surface area contributed by atoms with Gasteiger partial charge in [0.05, 0.1) is 14.2 Å². The SMILES string of the molecule is COc1ccc(C=CC(=O)O/N=C(\N)c2cccc(Br)c2)cc1OC. The van der Waals surface area contributed by atoms with Crippen LogP contribution in [0.3, 0.4) is 0 Å². The molecule has 7 heteroatoms. The van der Waals surface area contributed by atoms with E-state index in [1.54, 1.807) is 56.7 Å². The molecule has 25 heavy (non-hydrogen) atoms. The summed E-state index contributed by atoms with van der Waals surface area (Å²) in [6, 6.07) is 12.5. The van der Waals surface area contributed by atoms with Gasteiger partial charge in [0, 0.05) is 16.1 Å². The summed E-state index contributed by atoms with van der Waals surface area (Å²) < 4.78 is 11.2. The Morgan fingerprint density at radius 2 is 1.88 bits per heavy atom. The number of nitrogens with zero attached hydrogens (tertiary/aromatic N) is 1. The van der Waals surface area contributed by atoms with Gasteiger partial charge in [0.25, 0.3) is 0 Å². The average Bonchev–Trinajstić information content (AvgIpc) is 2.64. The fourth-order valence-electron chi connectivity index (χ4n) is 1.95. The molecule has 0 aromatic heterocycles. The monoisotopic (exact) mass is 404 g/mol. The number of methoxy groups -OCH3 is 2. The lowest BCUT2D eigenvalue weighted by Gasteiger charge is -2.07. The largest absolute Gasteiger partial charge is 0.493 e. The number of hydrogen-bond acceptors (Lipinski definition) is 5. The molecule has 0 fully saturated rings. The molecule has 0 bridgehead atoms. The summed E-state index contributed by atoms with van der Waals surface area (Å²) in [5, 5.41) is 3.64. The van der Waals surface area contributed by atoms with E-state index in [0.717, 1.165) is 10.0 Å². The first kappa shape index (κ1) is 18.5. The zero-order chi connectivity index (χ0) is 18.2. The average molecular weight is 405 g/mol. The van der Waals surface area contributed by atoms with Crippen LogP contribution in [0.5, 0.6) is 11.5 Å². The third kappa shape index (κ3) is 5.36. The van der Waals surface area contributed by atoms with Crippen LogP contribution in [0.4, 0.5) is 0 Å². The molecular formula is C18H17BrN2O4. The van der Waals surface area contributed by atoms with E-state index in [-0.39, 0.29) is 5.84 Å². The number of oxime groups is 1. The minimum atomic E-state index is -0.646. The van der Waals surface area contributed by atoms with Gasteiger partial charge in [-0.1, -0.05) is 39.3 Å². The third-order valence-electron chi connectivity index (χ3n) is 3.17. The first-order valence-electron chi connectivity index (χ1n) is 7.24. The number of carbonyl (C=O) groups excluding carboxylic acids is 1. The third-order valence-corrected chi connectivity index (χ3v) is 3.67. The second kappa shape index (κ2) is 8.89. The van der Waals surface area contributed by atoms with Gasteiger partial charge in [0.2, 0.25) is 0 Å². The highest BCUT2D eigenvalue weighted by atomic mass is 79.9. The van der Waals surface area contributed by atoms with Crippen molar-refractivity contribution in [3.05, 3.63) is 64.1 Å². The predicted octanol–water partition coefficient (Wildman–Crippen LogP) is 3.34. The number of rotatable bonds is 6. The van der Waals surface area contributed by atoms with Crippen molar-refractivity contribution in [1.82, 2.24) is 0 Å². The van der Waals surface area contributed by atoms with E-state index >= 15 is 0 Å². The Kier molecular flexibility index (Phi) is 6.59. The Hall–Kier alpha value is -2.80. The normalized spacial score (nSPS) is 11.4. The molecule has 2 rings (SSSR count). The van der Waals surface area contributed by atoms with Gasteiger partial charge in [-0.25, -0.2) is 4.79 Å². The molecule has 2 aromatic carbocycles. The minimum absolute atomic E-state index is 0.106. The first-order valence-corrected chi connectivity index (χ1v) is 8.03. The number of hydrogen-bond donors (Lipinski definition) is 1. The highest BCUT2D eigenvalue weighted by molar-refractivity contribution is 9.10. The van der Waals surface area contributed by atoms with Gasteiger partial charge in [0.15, 0.2) is 17.3 Å². The lowest BCUT2D eigenvalue weighted by Crippen LogP contribution is -2.14. The summed E-state index contributed by atoms with van der Waals surface area (Å²) in [5.41, 5.74) is 7.18. The van der Waals surface area contributed by atoms with Crippen molar-refractivity contribution in [3.63, 3.8) is 0 Å². The smallest absolute Gasteiger partial charge is 0.358 e. The maximum Gasteiger partial charge on any atom is 0.358 e. The molecule has 0 spiro atoms. The van der Waals surface area contributed by atoms with E-state index in [1.807, 2.05) is 6.07 Å². The zero-order valence-electron chi connectivity index (χ0n) is 13.7. The summed E-state index contributed by atoms with van der Waals surface area (Å²) in [4.78, 5) is 16.5. The molecule has 0 radical (unpaired) electrons. The van der Waals surface area contributed by atoms with Crippen LogP contribution in [-0.4, -0.2) is 26.0 Å². The molecule has 2 aromatic rings. The fraction of sp³-hybridized carbons (Fsp3) is 0.111. The number of carbonyl (C=O) groups is 1. The molecule has 2 N–H and O–H groups in total. The Bertz CT molecular complexity index is 818. The lowest BCUT2D eigenvalue weighted by atomic mass is 10.2. The van der Waals surface area contributed by atoms with Gasteiger partial charge in [-0.3, -0.25) is 0 Å². The van der Waals surface area contributed by atoms with Gasteiger partial charge >= 0.3 is 5.97 Å². The molecule has 0 aliphatic heterocycles. The number of ether oxygens (including phenoxy) is 2. The van der Waals surface area contributed by atoms with Crippen molar-refractivity contribution in [1.29, 1.82) is 0 Å². The van der Waals surface area contributed by atoms with Crippen molar-refractivity contribution in [2.75, 3.05) is 14.2 Å². The van der Waals surface area contributed by atoms with Gasteiger partial charge in [-0.15, -0.1) is 0 Å². The van der Waals surface area contributed by atoms with Crippen LogP contribution in [0.2, 0.25) is 0 Å². The molecule has 0 unspecified atom stereocenters. The van der Waals surface area contributed by atoms with Gasteiger partial charge in [0.1, 0.15) is 0 Å². The number of amidine groups is 1. The van der Waals surface area contributed by atoms with Crippen LogP contribution in [-0.2, 0) is 9.63 Å². The molecule has 0 aliphatic carbocycles. The van der Waals surface area contributed by atoms with Crippen molar-refractivity contribution in [2.45, 2.75) is 0 Å². The van der Waals surface area contributed by atoms with E-state index < -0.39 is 5.97 Å². The molecule has 0 saturated heterocycles. The Labute approximate surface area is 154 Å². The summed E-state index contributed by atoms with van der Waals surface area (Å²) in [5.74, 6) is 0.630. The van der Waals surface area contributed by atoms with Crippen molar-refractivity contribution >= 4 is 33.8 Å². The van der Waals surface area contributed by atoms with Crippen LogP contribution < -0.4 is 15.2 Å². The molecule has 0 aliphatic rings. The van der Waals surface area contributed by atoms with Crippen LogP contribution in [0.1, 0.15) is 11.1 Å². The maximum absolute atomic E-state index is 11.8. The van der Waals surface area contributed by atoms with Gasteiger partial charge in [-0.2, -0.15) is 0 Å². The molecule has 130 valence electrons. The topological polar surface area (TPSA) is 83.1 Å². The van der Waals surface area contributed by atoms with Crippen LogP contribution in [0.25, 0.3) is 6.08 Å². The summed E-state index contributed by atoms with van der Waals surface area (Å²) in [6.45, 7) is 0. The Balaban J connectivity index is 2.02. The summed E-state index contributed by atoms with van der Waals surface area (Å²) in [7, 11) is 3.09. The summed E-state index contributed by atoms with van der Waals surface area (Å²) in [6.07, 6.45) is 2.83. The standard InChI is InChI=1S/C18H17BrN2O4/c1-23-15-8-6-12(10-16(15)24-2)7-9-17(22)25-21-18(20)13-4-3-5-14(19)11-13/h3-11H,1-2H3,(H2,20,21). The molecular weight excluding hydrogens is 388 g/mol. The lowest BCUT2D eigenvalue weighted by molar-refractivity contribution is -0.137. The quantitative estimate of drug-likeness (QED) is 0.262. The summed E-state index contributed by atoms with van der Waals surface area (Å²) >= 11 is 3.33. The molecule has 0 heterocycles. The van der Waals surface area contributed by atoms with E-state index in [0.29, 0.717) is 17.1 Å².